The van der Waals surface area contributed by atoms with Gasteiger partial charge in [0.25, 0.3) is 0 Å². The zero-order chi connectivity index (χ0) is 14.4. The number of rotatable bonds is 6. The summed E-state index contributed by atoms with van der Waals surface area (Å²) in [5.41, 5.74) is 1.16. The fourth-order valence-electron chi connectivity index (χ4n) is 2.75. The Morgan fingerprint density at radius 2 is 2.35 bits per heavy atom. The number of hydrogen-bond acceptors (Lipinski definition) is 3. The quantitative estimate of drug-likeness (QED) is 0.748. The van der Waals surface area contributed by atoms with E-state index in [2.05, 4.69) is 5.10 Å². The Hall–Kier alpha value is -1.36. The molecule has 112 valence electrons. The zero-order valence-corrected chi connectivity index (χ0v) is 12.5. The maximum absolute atomic E-state index is 12.3. The summed E-state index contributed by atoms with van der Waals surface area (Å²) in [5, 5.41) is 4.33. The highest BCUT2D eigenvalue weighted by atomic mass is 16.5. The SMILES string of the molecule is CCOCCC(=O)N1CCCCC1Cn1cc(C)cn1. The second kappa shape index (κ2) is 7.43. The molecule has 2 heterocycles. The van der Waals surface area contributed by atoms with Gasteiger partial charge in [-0.15, -0.1) is 0 Å². The minimum atomic E-state index is 0.215. The van der Waals surface area contributed by atoms with Gasteiger partial charge >= 0.3 is 0 Å². The minimum Gasteiger partial charge on any atom is -0.381 e. The van der Waals surface area contributed by atoms with Gasteiger partial charge in [-0.3, -0.25) is 9.48 Å². The van der Waals surface area contributed by atoms with E-state index in [0.29, 0.717) is 19.6 Å². The summed E-state index contributed by atoms with van der Waals surface area (Å²) in [6, 6.07) is 0.275. The van der Waals surface area contributed by atoms with E-state index in [0.717, 1.165) is 31.5 Å². The maximum Gasteiger partial charge on any atom is 0.225 e. The number of carbonyl (C=O) groups excluding carboxylic acids is 1. The molecule has 0 aliphatic carbocycles. The van der Waals surface area contributed by atoms with Gasteiger partial charge < -0.3 is 9.64 Å². The smallest absolute Gasteiger partial charge is 0.225 e. The van der Waals surface area contributed by atoms with Gasteiger partial charge in [0.1, 0.15) is 0 Å². The lowest BCUT2D eigenvalue weighted by atomic mass is 10.0. The number of nitrogens with zero attached hydrogens (tertiary/aromatic N) is 3. The van der Waals surface area contributed by atoms with Crippen LogP contribution in [0.25, 0.3) is 0 Å². The molecule has 20 heavy (non-hydrogen) atoms. The number of likely N-dealkylation sites (tertiary alicyclic amines) is 1. The normalized spacial score (nSPS) is 19.3. The fraction of sp³-hybridized carbons (Fsp3) is 0.733. The maximum atomic E-state index is 12.3. The van der Waals surface area contributed by atoms with E-state index in [1.807, 2.05) is 35.8 Å². The summed E-state index contributed by atoms with van der Waals surface area (Å²) in [6.45, 7) is 6.86. The predicted octanol–water partition coefficient (Wildman–Crippen LogP) is 2.00. The van der Waals surface area contributed by atoms with E-state index in [-0.39, 0.29) is 11.9 Å². The molecule has 0 N–H and O–H groups in total. The van der Waals surface area contributed by atoms with Gasteiger partial charge in [-0.2, -0.15) is 5.10 Å². The van der Waals surface area contributed by atoms with E-state index in [1.54, 1.807) is 0 Å². The van der Waals surface area contributed by atoms with E-state index < -0.39 is 0 Å². The molecule has 1 unspecified atom stereocenters. The molecule has 5 nitrogen and oxygen atoms in total. The highest BCUT2D eigenvalue weighted by Gasteiger charge is 2.26. The molecule has 5 heteroatoms. The topological polar surface area (TPSA) is 47.4 Å². The molecule has 1 atom stereocenters. The van der Waals surface area contributed by atoms with Crippen molar-refractivity contribution < 1.29 is 9.53 Å². The first-order valence-electron chi connectivity index (χ1n) is 7.57. The van der Waals surface area contributed by atoms with E-state index in [9.17, 15) is 4.79 Å². The second-order valence-electron chi connectivity index (χ2n) is 5.42. The van der Waals surface area contributed by atoms with E-state index in [1.165, 1.54) is 6.42 Å². The third-order valence-electron chi connectivity index (χ3n) is 3.77. The second-order valence-corrected chi connectivity index (χ2v) is 5.42. The molecule has 1 aromatic rings. The molecule has 1 fully saturated rings. The van der Waals surface area contributed by atoms with Crippen molar-refractivity contribution in [3.05, 3.63) is 18.0 Å². The first-order valence-corrected chi connectivity index (χ1v) is 7.57. The van der Waals surface area contributed by atoms with Crippen LogP contribution < -0.4 is 0 Å². The molecular formula is C15H25N3O2. The van der Waals surface area contributed by atoms with Crippen molar-refractivity contribution in [1.82, 2.24) is 14.7 Å². The van der Waals surface area contributed by atoms with Crippen molar-refractivity contribution in [2.24, 2.45) is 0 Å². The Bertz CT molecular complexity index is 431. The largest absolute Gasteiger partial charge is 0.381 e. The molecule has 1 aliphatic heterocycles. The van der Waals surface area contributed by atoms with Gasteiger partial charge in [-0.05, 0) is 38.7 Å². The van der Waals surface area contributed by atoms with E-state index in [4.69, 9.17) is 4.74 Å². The van der Waals surface area contributed by atoms with Gasteiger partial charge in [0.2, 0.25) is 5.91 Å². The van der Waals surface area contributed by atoms with Crippen LogP contribution in [0.3, 0.4) is 0 Å². The number of carbonyl (C=O) groups is 1. The first-order chi connectivity index (χ1) is 9.70. The number of hydrogen-bond donors (Lipinski definition) is 0. The molecule has 0 radical (unpaired) electrons. The summed E-state index contributed by atoms with van der Waals surface area (Å²) in [4.78, 5) is 14.3. The van der Waals surface area contributed by atoms with Gasteiger partial charge in [0, 0.05) is 19.3 Å². The van der Waals surface area contributed by atoms with Crippen LogP contribution >= 0.6 is 0 Å². The average Bonchev–Trinajstić information content (AvgIpc) is 2.85. The van der Waals surface area contributed by atoms with Crippen LogP contribution in [-0.4, -0.2) is 46.4 Å². The van der Waals surface area contributed by atoms with E-state index >= 15 is 0 Å². The Balaban J connectivity index is 1.92. The minimum absolute atomic E-state index is 0.215. The lowest BCUT2D eigenvalue weighted by Crippen LogP contribution is -2.46. The molecule has 0 saturated carbocycles. The lowest BCUT2D eigenvalue weighted by molar-refractivity contribution is -0.136. The molecule has 1 saturated heterocycles. The van der Waals surface area contributed by atoms with Crippen LogP contribution in [0.15, 0.2) is 12.4 Å². The number of piperidine rings is 1. The number of aryl methyl sites for hydroxylation is 1. The molecule has 2 rings (SSSR count). The van der Waals surface area contributed by atoms with Crippen LogP contribution in [0.4, 0.5) is 0 Å². The predicted molar refractivity (Wildman–Crippen MR) is 77.4 cm³/mol. The highest BCUT2D eigenvalue weighted by molar-refractivity contribution is 5.76. The fourth-order valence-corrected chi connectivity index (χ4v) is 2.75. The Morgan fingerprint density at radius 3 is 3.05 bits per heavy atom. The van der Waals surface area contributed by atoms with Crippen LogP contribution in [0.5, 0.6) is 0 Å². The number of amides is 1. The van der Waals surface area contributed by atoms with Crippen LogP contribution in [0.2, 0.25) is 0 Å². The van der Waals surface area contributed by atoms with Crippen molar-refractivity contribution in [2.45, 2.75) is 52.1 Å². The van der Waals surface area contributed by atoms with Crippen molar-refractivity contribution in [3.63, 3.8) is 0 Å². The molecule has 1 aliphatic rings. The highest BCUT2D eigenvalue weighted by Crippen LogP contribution is 2.19. The van der Waals surface area contributed by atoms with Crippen molar-refractivity contribution in [2.75, 3.05) is 19.8 Å². The third-order valence-corrected chi connectivity index (χ3v) is 3.77. The Labute approximate surface area is 120 Å². The van der Waals surface area contributed by atoms with Crippen LogP contribution in [0, 0.1) is 6.92 Å². The molecule has 0 spiro atoms. The van der Waals surface area contributed by atoms with Crippen molar-refractivity contribution in [1.29, 1.82) is 0 Å². The summed E-state index contributed by atoms with van der Waals surface area (Å²) < 4.78 is 7.24. The van der Waals surface area contributed by atoms with Gasteiger partial charge in [-0.1, -0.05) is 0 Å². The van der Waals surface area contributed by atoms with Gasteiger partial charge in [0.05, 0.1) is 31.8 Å². The first kappa shape index (κ1) is 15.0. The third kappa shape index (κ3) is 4.07. The average molecular weight is 279 g/mol. The van der Waals surface area contributed by atoms with Crippen LogP contribution in [0.1, 0.15) is 38.2 Å². The Kier molecular flexibility index (Phi) is 5.59. The Morgan fingerprint density at radius 1 is 1.50 bits per heavy atom. The van der Waals surface area contributed by atoms with Crippen LogP contribution in [-0.2, 0) is 16.1 Å². The standard InChI is InChI=1S/C15H25N3O2/c1-3-20-9-7-15(19)18-8-5-4-6-14(18)12-17-11-13(2)10-16-17/h10-11,14H,3-9,12H2,1-2H3. The molecule has 1 aromatic heterocycles. The summed E-state index contributed by atoms with van der Waals surface area (Å²) >= 11 is 0. The number of aromatic nitrogens is 2. The number of ether oxygens (including phenoxy) is 1. The lowest BCUT2D eigenvalue weighted by Gasteiger charge is -2.35. The molecular weight excluding hydrogens is 254 g/mol. The van der Waals surface area contributed by atoms with Crippen molar-refractivity contribution >= 4 is 5.91 Å². The summed E-state index contributed by atoms with van der Waals surface area (Å²) in [7, 11) is 0. The van der Waals surface area contributed by atoms with Crippen molar-refractivity contribution in [3.8, 4) is 0 Å². The molecule has 1 amide bonds. The summed E-state index contributed by atoms with van der Waals surface area (Å²) in [5.74, 6) is 0.215. The summed E-state index contributed by atoms with van der Waals surface area (Å²) in [6.07, 6.45) is 7.76. The monoisotopic (exact) mass is 279 g/mol. The van der Waals surface area contributed by atoms with Gasteiger partial charge in [-0.25, -0.2) is 0 Å². The zero-order valence-electron chi connectivity index (χ0n) is 12.5. The molecule has 0 aromatic carbocycles. The van der Waals surface area contributed by atoms with Gasteiger partial charge in [0.15, 0.2) is 0 Å². The molecule has 0 bridgehead atoms.